The lowest BCUT2D eigenvalue weighted by molar-refractivity contribution is -0.00773. The van der Waals surface area contributed by atoms with E-state index in [0.717, 1.165) is 29.2 Å². The van der Waals surface area contributed by atoms with Crippen LogP contribution in [0.5, 0.6) is 0 Å². The van der Waals surface area contributed by atoms with E-state index in [9.17, 15) is 0 Å². The lowest BCUT2D eigenvalue weighted by atomic mass is 9.77. The fourth-order valence-electron chi connectivity index (χ4n) is 4.33. The Bertz CT molecular complexity index is 891. The van der Waals surface area contributed by atoms with E-state index in [1.165, 1.54) is 10.1 Å². The molecule has 1 aromatic carbocycles. The molecule has 1 N–H and O–H groups in total. The molecule has 0 bridgehead atoms. The van der Waals surface area contributed by atoms with Crippen LogP contribution in [0.15, 0.2) is 42.5 Å². The van der Waals surface area contributed by atoms with Gasteiger partial charge in [-0.2, -0.15) is 0 Å². The first-order valence-corrected chi connectivity index (χ1v) is 10.4. The van der Waals surface area contributed by atoms with Gasteiger partial charge in [0.2, 0.25) is 0 Å². The lowest BCUT2D eigenvalue weighted by Gasteiger charge is -2.53. The van der Waals surface area contributed by atoms with Crippen LogP contribution in [0.1, 0.15) is 40.5 Å². The van der Waals surface area contributed by atoms with Gasteiger partial charge in [0.1, 0.15) is 11.5 Å². The number of thiophene rings is 1. The molecule has 5 heteroatoms. The Morgan fingerprint density at radius 2 is 1.70 bits per heavy atom. The van der Waals surface area contributed by atoms with E-state index in [4.69, 9.17) is 0 Å². The monoisotopic (exact) mass is 380 g/mol. The van der Waals surface area contributed by atoms with Crippen molar-refractivity contribution in [3.05, 3.63) is 42.5 Å². The van der Waals surface area contributed by atoms with Crippen LogP contribution in [0, 0.1) is 0 Å². The highest BCUT2D eigenvalue weighted by Gasteiger charge is 2.43. The minimum Gasteiger partial charge on any atom is -0.366 e. The second-order valence-corrected chi connectivity index (χ2v) is 9.97. The lowest BCUT2D eigenvalue weighted by Crippen LogP contribution is -2.61. The molecule has 0 radical (unpaired) electrons. The van der Waals surface area contributed by atoms with Crippen molar-refractivity contribution >= 4 is 27.2 Å². The third kappa shape index (κ3) is 3.58. The third-order valence-corrected chi connectivity index (χ3v) is 7.14. The van der Waals surface area contributed by atoms with Gasteiger partial charge in [-0.25, -0.2) is 0 Å². The molecule has 1 fully saturated rings. The zero-order valence-corrected chi connectivity index (χ0v) is 17.6. The highest BCUT2D eigenvalue weighted by atomic mass is 32.1. The molecule has 1 saturated heterocycles. The summed E-state index contributed by atoms with van der Waals surface area (Å²) in [6.45, 7) is 9.27. The number of hydrogen-bond acceptors (Lipinski definition) is 5. The summed E-state index contributed by atoms with van der Waals surface area (Å²) in [6, 6.07) is 15.2. The van der Waals surface area contributed by atoms with E-state index >= 15 is 0 Å². The van der Waals surface area contributed by atoms with Crippen molar-refractivity contribution in [3.8, 4) is 10.6 Å². The highest BCUT2D eigenvalue weighted by molar-refractivity contribution is 7.22. The van der Waals surface area contributed by atoms with Crippen LogP contribution in [0.2, 0.25) is 0 Å². The fourth-order valence-corrected chi connectivity index (χ4v) is 5.36. The summed E-state index contributed by atoms with van der Waals surface area (Å²) in [5, 5.41) is 13.8. The first-order valence-electron chi connectivity index (χ1n) is 9.58. The van der Waals surface area contributed by atoms with Gasteiger partial charge in [0.15, 0.2) is 0 Å². The smallest absolute Gasteiger partial charge is 0.148 e. The molecule has 142 valence electrons. The molecule has 1 aliphatic rings. The normalized spacial score (nSPS) is 20.0. The van der Waals surface area contributed by atoms with Crippen LogP contribution >= 0.6 is 11.3 Å². The van der Waals surface area contributed by atoms with Crippen LogP contribution in [0.25, 0.3) is 20.7 Å². The second-order valence-electron chi connectivity index (χ2n) is 8.89. The number of nitrogens with zero attached hydrogens (tertiary/aromatic N) is 3. The zero-order valence-electron chi connectivity index (χ0n) is 16.8. The SMILES string of the molecule is CN1C(C)(C)CC(Nc2ccc(-c3cc4ccccc4s3)nn2)CC1(C)C. The summed E-state index contributed by atoms with van der Waals surface area (Å²) >= 11 is 1.76. The van der Waals surface area contributed by atoms with Crippen LogP contribution < -0.4 is 5.32 Å². The van der Waals surface area contributed by atoms with Gasteiger partial charge in [-0.05, 0) is 77.2 Å². The number of aromatic nitrogens is 2. The molecule has 2 aromatic heterocycles. The zero-order chi connectivity index (χ0) is 19.2. The van der Waals surface area contributed by atoms with E-state index in [1.54, 1.807) is 11.3 Å². The van der Waals surface area contributed by atoms with Crippen molar-refractivity contribution in [2.24, 2.45) is 0 Å². The maximum Gasteiger partial charge on any atom is 0.148 e. The Labute approximate surface area is 165 Å². The summed E-state index contributed by atoms with van der Waals surface area (Å²) in [7, 11) is 2.23. The Morgan fingerprint density at radius 3 is 2.33 bits per heavy atom. The largest absolute Gasteiger partial charge is 0.366 e. The Balaban J connectivity index is 1.51. The molecule has 0 atom stereocenters. The van der Waals surface area contributed by atoms with Gasteiger partial charge in [0.05, 0.1) is 4.88 Å². The van der Waals surface area contributed by atoms with Crippen molar-refractivity contribution in [3.63, 3.8) is 0 Å². The first kappa shape index (κ1) is 18.4. The molecular formula is C22H28N4S. The summed E-state index contributed by atoms with van der Waals surface area (Å²) in [4.78, 5) is 3.66. The van der Waals surface area contributed by atoms with Crippen molar-refractivity contribution in [1.29, 1.82) is 0 Å². The van der Waals surface area contributed by atoms with E-state index in [-0.39, 0.29) is 11.1 Å². The van der Waals surface area contributed by atoms with Gasteiger partial charge in [-0.1, -0.05) is 18.2 Å². The molecule has 0 saturated carbocycles. The second kappa shape index (κ2) is 6.57. The highest BCUT2D eigenvalue weighted by Crippen LogP contribution is 2.38. The van der Waals surface area contributed by atoms with Gasteiger partial charge >= 0.3 is 0 Å². The molecule has 3 heterocycles. The Kier molecular flexibility index (Phi) is 4.47. The number of fused-ring (bicyclic) bond motifs is 1. The Hall–Kier alpha value is -1.98. The minimum absolute atomic E-state index is 0.157. The van der Waals surface area contributed by atoms with Gasteiger partial charge in [-0.15, -0.1) is 21.5 Å². The molecule has 27 heavy (non-hydrogen) atoms. The standard InChI is InChI=1S/C22H28N4S/c1-21(2)13-16(14-22(3,4)26(21)5)23-20-11-10-17(24-25-20)19-12-15-8-6-7-9-18(15)27-19/h6-12,16H,13-14H2,1-5H3,(H,23,25). The summed E-state index contributed by atoms with van der Waals surface area (Å²) in [5.41, 5.74) is 1.25. The average Bonchev–Trinajstić information content (AvgIpc) is 3.04. The van der Waals surface area contributed by atoms with Crippen LogP contribution in [0.4, 0.5) is 5.82 Å². The number of likely N-dealkylation sites (tertiary alicyclic amines) is 1. The van der Waals surface area contributed by atoms with Crippen molar-refractivity contribution in [1.82, 2.24) is 15.1 Å². The molecule has 0 aliphatic carbocycles. The number of hydrogen-bond donors (Lipinski definition) is 1. The molecule has 3 aromatic rings. The van der Waals surface area contributed by atoms with Gasteiger partial charge < -0.3 is 5.32 Å². The molecule has 4 rings (SSSR count). The van der Waals surface area contributed by atoms with Crippen molar-refractivity contribution in [2.45, 2.75) is 57.7 Å². The van der Waals surface area contributed by atoms with E-state index in [1.807, 2.05) is 0 Å². The first-order chi connectivity index (χ1) is 12.7. The quantitative estimate of drug-likeness (QED) is 0.658. The molecule has 0 amide bonds. The number of anilines is 1. The summed E-state index contributed by atoms with van der Waals surface area (Å²) in [6.07, 6.45) is 2.18. The Morgan fingerprint density at radius 1 is 1.00 bits per heavy atom. The molecule has 1 aliphatic heterocycles. The molecule has 4 nitrogen and oxygen atoms in total. The molecule has 0 unspecified atom stereocenters. The number of rotatable bonds is 3. The summed E-state index contributed by atoms with van der Waals surface area (Å²) in [5.74, 6) is 0.862. The fraction of sp³-hybridized carbons (Fsp3) is 0.455. The van der Waals surface area contributed by atoms with Gasteiger partial charge in [0, 0.05) is 21.8 Å². The van der Waals surface area contributed by atoms with E-state index < -0.39 is 0 Å². The van der Waals surface area contributed by atoms with Gasteiger partial charge in [-0.3, -0.25) is 4.90 Å². The third-order valence-electron chi connectivity index (χ3n) is 6.00. The van der Waals surface area contributed by atoms with Gasteiger partial charge in [0.25, 0.3) is 0 Å². The average molecular weight is 381 g/mol. The predicted octanol–water partition coefficient (Wildman–Crippen LogP) is 5.42. The molecular weight excluding hydrogens is 352 g/mol. The van der Waals surface area contributed by atoms with Crippen LogP contribution in [-0.4, -0.2) is 39.3 Å². The van der Waals surface area contributed by atoms with E-state index in [0.29, 0.717) is 6.04 Å². The molecule has 0 spiro atoms. The number of benzene rings is 1. The maximum atomic E-state index is 4.48. The maximum absolute atomic E-state index is 4.48. The van der Waals surface area contributed by atoms with E-state index in [2.05, 4.69) is 97.6 Å². The summed E-state index contributed by atoms with van der Waals surface area (Å²) < 4.78 is 1.28. The van der Waals surface area contributed by atoms with Crippen molar-refractivity contribution < 1.29 is 0 Å². The minimum atomic E-state index is 0.157. The van der Waals surface area contributed by atoms with Crippen LogP contribution in [-0.2, 0) is 0 Å². The number of piperidine rings is 1. The van der Waals surface area contributed by atoms with Crippen molar-refractivity contribution in [2.75, 3.05) is 12.4 Å². The topological polar surface area (TPSA) is 41.0 Å². The van der Waals surface area contributed by atoms with Crippen LogP contribution in [0.3, 0.4) is 0 Å². The predicted molar refractivity (Wildman–Crippen MR) is 115 cm³/mol. The number of nitrogens with one attached hydrogen (secondary N) is 1.